The molecular weight excluding hydrogens is 249 g/mol. The van der Waals surface area contributed by atoms with Gasteiger partial charge in [-0.2, -0.15) is 13.2 Å². The molecule has 88 valence electrons. The van der Waals surface area contributed by atoms with Crippen molar-refractivity contribution in [1.82, 2.24) is 0 Å². The molecule has 0 atom stereocenters. The van der Waals surface area contributed by atoms with Crippen LogP contribution in [0.2, 0.25) is 5.02 Å². The van der Waals surface area contributed by atoms with E-state index in [4.69, 9.17) is 11.6 Å². The van der Waals surface area contributed by atoms with Crippen LogP contribution in [0.15, 0.2) is 48.5 Å². The summed E-state index contributed by atoms with van der Waals surface area (Å²) in [5, 5.41) is 0.437. The molecule has 0 aliphatic rings. The highest BCUT2D eigenvalue weighted by molar-refractivity contribution is 6.33. The summed E-state index contributed by atoms with van der Waals surface area (Å²) in [5.74, 6) is 0. The summed E-state index contributed by atoms with van der Waals surface area (Å²) in [6, 6.07) is 11.9. The Hall–Kier alpha value is -1.48. The molecule has 2 aromatic rings. The molecule has 0 amide bonds. The third kappa shape index (κ3) is 2.61. The number of hydrogen-bond donors (Lipinski definition) is 0. The zero-order valence-corrected chi connectivity index (χ0v) is 9.39. The zero-order chi connectivity index (χ0) is 12.5. The van der Waals surface area contributed by atoms with Gasteiger partial charge in [0.2, 0.25) is 0 Å². The van der Waals surface area contributed by atoms with Gasteiger partial charge in [-0.05, 0) is 23.8 Å². The highest BCUT2D eigenvalue weighted by Crippen LogP contribution is 2.34. The van der Waals surface area contributed by atoms with E-state index in [1.165, 1.54) is 6.07 Å². The minimum atomic E-state index is -4.34. The van der Waals surface area contributed by atoms with Gasteiger partial charge in [-0.25, -0.2) is 0 Å². The summed E-state index contributed by atoms with van der Waals surface area (Å²) in [6.45, 7) is 0. The Morgan fingerprint density at radius 2 is 1.59 bits per heavy atom. The molecule has 0 fully saturated rings. The lowest BCUT2D eigenvalue weighted by Crippen LogP contribution is -2.04. The lowest BCUT2D eigenvalue weighted by molar-refractivity contribution is -0.137. The van der Waals surface area contributed by atoms with E-state index < -0.39 is 11.7 Å². The van der Waals surface area contributed by atoms with Crippen LogP contribution in [0.4, 0.5) is 13.2 Å². The third-order valence-corrected chi connectivity index (χ3v) is 2.70. The van der Waals surface area contributed by atoms with Crippen molar-refractivity contribution in [2.24, 2.45) is 0 Å². The van der Waals surface area contributed by atoms with Crippen LogP contribution in [-0.2, 0) is 6.18 Å². The summed E-state index contributed by atoms with van der Waals surface area (Å²) in [4.78, 5) is 0. The van der Waals surface area contributed by atoms with E-state index in [0.717, 1.165) is 12.1 Å². The van der Waals surface area contributed by atoms with Crippen LogP contribution >= 0.6 is 11.6 Å². The van der Waals surface area contributed by atoms with E-state index in [9.17, 15) is 13.2 Å². The second-order valence-corrected chi connectivity index (χ2v) is 3.97. The predicted molar refractivity (Wildman–Crippen MR) is 61.9 cm³/mol. The van der Waals surface area contributed by atoms with Crippen LogP contribution in [0.25, 0.3) is 11.1 Å². The van der Waals surface area contributed by atoms with E-state index in [0.29, 0.717) is 16.1 Å². The number of benzene rings is 2. The molecule has 0 spiro atoms. The summed E-state index contributed by atoms with van der Waals surface area (Å²) < 4.78 is 37.7. The first-order chi connectivity index (χ1) is 7.98. The molecule has 0 aliphatic heterocycles. The number of hydrogen-bond acceptors (Lipinski definition) is 0. The fourth-order valence-corrected chi connectivity index (χ4v) is 1.80. The number of alkyl halides is 3. The molecule has 0 aliphatic carbocycles. The van der Waals surface area contributed by atoms with Crippen molar-refractivity contribution in [2.75, 3.05) is 0 Å². The molecule has 0 aromatic heterocycles. The molecule has 0 saturated heterocycles. The molecule has 0 bridgehead atoms. The Labute approximate surface area is 102 Å². The molecule has 0 radical (unpaired) electrons. The molecule has 0 heterocycles. The van der Waals surface area contributed by atoms with Crippen molar-refractivity contribution in [3.05, 3.63) is 59.1 Å². The van der Waals surface area contributed by atoms with E-state index in [-0.39, 0.29) is 0 Å². The van der Waals surface area contributed by atoms with Gasteiger partial charge in [-0.3, -0.25) is 0 Å². The lowest BCUT2D eigenvalue weighted by Gasteiger charge is -2.09. The van der Waals surface area contributed by atoms with Crippen molar-refractivity contribution in [3.63, 3.8) is 0 Å². The lowest BCUT2D eigenvalue weighted by atomic mass is 10.0. The average molecular weight is 257 g/mol. The molecule has 0 nitrogen and oxygen atoms in total. The maximum atomic E-state index is 12.6. The van der Waals surface area contributed by atoms with Crippen molar-refractivity contribution < 1.29 is 13.2 Å². The quantitative estimate of drug-likeness (QED) is 0.672. The molecule has 2 rings (SSSR count). The minimum Gasteiger partial charge on any atom is -0.166 e. The first kappa shape index (κ1) is 12.0. The first-order valence-corrected chi connectivity index (χ1v) is 5.28. The van der Waals surface area contributed by atoms with Gasteiger partial charge >= 0.3 is 6.18 Å². The Morgan fingerprint density at radius 3 is 2.24 bits per heavy atom. The van der Waals surface area contributed by atoms with Crippen LogP contribution in [0.1, 0.15) is 5.56 Å². The van der Waals surface area contributed by atoms with E-state index in [1.807, 2.05) is 0 Å². The van der Waals surface area contributed by atoms with Gasteiger partial charge in [0.1, 0.15) is 0 Å². The highest BCUT2D eigenvalue weighted by atomic mass is 35.5. The van der Waals surface area contributed by atoms with Crippen molar-refractivity contribution in [3.8, 4) is 11.1 Å². The van der Waals surface area contributed by atoms with Gasteiger partial charge in [-0.15, -0.1) is 0 Å². The molecule has 17 heavy (non-hydrogen) atoms. The normalized spacial score (nSPS) is 11.5. The van der Waals surface area contributed by atoms with E-state index in [2.05, 4.69) is 0 Å². The third-order valence-electron chi connectivity index (χ3n) is 2.37. The standard InChI is InChI=1S/C13H8ClF3/c14-12-7-2-1-6-11(12)9-4-3-5-10(8-9)13(15,16)17/h1-8H. The summed E-state index contributed by atoms with van der Waals surface area (Å²) in [6.07, 6.45) is -4.34. The Bertz CT molecular complexity index is 532. The second kappa shape index (κ2) is 4.41. The summed E-state index contributed by atoms with van der Waals surface area (Å²) in [7, 11) is 0. The number of halogens is 4. The average Bonchev–Trinajstić information content (AvgIpc) is 2.29. The summed E-state index contributed by atoms with van der Waals surface area (Å²) in [5.41, 5.74) is 0.389. The molecule has 4 heteroatoms. The summed E-state index contributed by atoms with van der Waals surface area (Å²) >= 11 is 5.94. The van der Waals surface area contributed by atoms with Gasteiger partial charge in [0, 0.05) is 10.6 Å². The van der Waals surface area contributed by atoms with Gasteiger partial charge in [-0.1, -0.05) is 41.9 Å². The largest absolute Gasteiger partial charge is 0.416 e. The van der Waals surface area contributed by atoms with E-state index >= 15 is 0 Å². The SMILES string of the molecule is FC(F)(F)c1cccc(-c2ccccc2Cl)c1. The number of rotatable bonds is 1. The van der Waals surface area contributed by atoms with Crippen LogP contribution in [0.5, 0.6) is 0 Å². The van der Waals surface area contributed by atoms with E-state index in [1.54, 1.807) is 30.3 Å². The van der Waals surface area contributed by atoms with Crippen LogP contribution in [-0.4, -0.2) is 0 Å². The van der Waals surface area contributed by atoms with Crippen molar-refractivity contribution in [1.29, 1.82) is 0 Å². The topological polar surface area (TPSA) is 0 Å². The van der Waals surface area contributed by atoms with Gasteiger partial charge in [0.25, 0.3) is 0 Å². The maximum Gasteiger partial charge on any atom is 0.416 e. The molecular formula is C13H8ClF3. The van der Waals surface area contributed by atoms with Crippen molar-refractivity contribution >= 4 is 11.6 Å². The van der Waals surface area contributed by atoms with Gasteiger partial charge < -0.3 is 0 Å². The van der Waals surface area contributed by atoms with Crippen LogP contribution in [0, 0.1) is 0 Å². The minimum absolute atomic E-state index is 0.437. The van der Waals surface area contributed by atoms with Crippen LogP contribution in [0.3, 0.4) is 0 Å². The smallest absolute Gasteiger partial charge is 0.166 e. The van der Waals surface area contributed by atoms with Crippen molar-refractivity contribution in [2.45, 2.75) is 6.18 Å². The molecule has 0 unspecified atom stereocenters. The van der Waals surface area contributed by atoms with Crippen LogP contribution < -0.4 is 0 Å². The zero-order valence-electron chi connectivity index (χ0n) is 8.63. The van der Waals surface area contributed by atoms with Gasteiger partial charge in [0.15, 0.2) is 0 Å². The fraction of sp³-hybridized carbons (Fsp3) is 0.0769. The Balaban J connectivity index is 2.51. The molecule has 2 aromatic carbocycles. The fourth-order valence-electron chi connectivity index (χ4n) is 1.56. The Morgan fingerprint density at radius 1 is 0.882 bits per heavy atom. The second-order valence-electron chi connectivity index (χ2n) is 3.56. The first-order valence-electron chi connectivity index (χ1n) is 4.90. The maximum absolute atomic E-state index is 12.6. The Kier molecular flexibility index (Phi) is 3.11. The molecule has 0 saturated carbocycles. The highest BCUT2D eigenvalue weighted by Gasteiger charge is 2.30. The molecule has 0 N–H and O–H groups in total. The predicted octanol–water partition coefficient (Wildman–Crippen LogP) is 5.03. The monoisotopic (exact) mass is 256 g/mol. The van der Waals surface area contributed by atoms with Gasteiger partial charge in [0.05, 0.1) is 5.56 Å².